The van der Waals surface area contributed by atoms with E-state index in [0.29, 0.717) is 29.0 Å². The molecule has 3 aliphatic carbocycles. The molecule has 2 bridgehead atoms. The summed E-state index contributed by atoms with van der Waals surface area (Å²) in [6, 6.07) is 0. The molecule has 0 heterocycles. The predicted octanol–water partition coefficient (Wildman–Crippen LogP) is 0.981. The first-order valence-electron chi connectivity index (χ1n) is 5.53. The Morgan fingerprint density at radius 2 is 2.12 bits per heavy atom. The number of hydrogen-bond acceptors (Lipinski definition) is 3. The SMILES string of the molecule is N[N-]/C=C(\N)C1=CC2C3C=CC(C3)C2C1=O.[Rf]. The van der Waals surface area contributed by atoms with Crippen LogP contribution >= 0.6 is 0 Å². The minimum atomic E-state index is 0. The summed E-state index contributed by atoms with van der Waals surface area (Å²) in [5.74, 6) is 6.62. The van der Waals surface area contributed by atoms with Crippen LogP contribution in [0.4, 0.5) is 0 Å². The van der Waals surface area contributed by atoms with Crippen LogP contribution in [-0.2, 0) is 4.79 Å². The van der Waals surface area contributed by atoms with E-state index in [2.05, 4.69) is 17.6 Å². The van der Waals surface area contributed by atoms with Crippen LogP contribution in [0.25, 0.3) is 5.43 Å². The third-order valence-corrected chi connectivity index (χ3v) is 3.97. The van der Waals surface area contributed by atoms with Crippen molar-refractivity contribution in [3.8, 4) is 0 Å². The number of carbonyl (C=O) groups excluding carboxylic acids is 1. The molecule has 3 aliphatic rings. The van der Waals surface area contributed by atoms with Gasteiger partial charge in [-0.25, -0.2) is 0 Å². The normalized spacial score (nSPS) is 37.8. The first-order valence-corrected chi connectivity index (χ1v) is 5.53. The van der Waals surface area contributed by atoms with E-state index in [1.807, 2.05) is 6.08 Å². The van der Waals surface area contributed by atoms with Gasteiger partial charge in [0.2, 0.25) is 0 Å². The standard InChI is InChI=1S/C12H14N3O.Rf/c13-10(5-15-14)9-4-8-6-1-2-7(3-6)11(8)12(9)16;/h1-2,4-8,11H,3,13-14H2;/q-1;/b10-5-;. The van der Waals surface area contributed by atoms with Crippen molar-refractivity contribution in [2.45, 2.75) is 6.42 Å². The summed E-state index contributed by atoms with van der Waals surface area (Å²) in [6.45, 7) is 0. The van der Waals surface area contributed by atoms with E-state index in [1.165, 1.54) is 6.20 Å². The molecule has 17 heavy (non-hydrogen) atoms. The van der Waals surface area contributed by atoms with E-state index in [-0.39, 0.29) is 11.7 Å². The van der Waals surface area contributed by atoms with Crippen LogP contribution in [0, 0.1) is 23.7 Å². The topological polar surface area (TPSA) is 83.2 Å². The molecule has 0 spiro atoms. The van der Waals surface area contributed by atoms with Gasteiger partial charge in [-0.05, 0) is 24.2 Å². The molecule has 4 atom stereocenters. The van der Waals surface area contributed by atoms with Crippen molar-refractivity contribution >= 4 is 5.78 Å². The van der Waals surface area contributed by atoms with Crippen molar-refractivity contribution in [2.24, 2.45) is 35.2 Å². The fourth-order valence-electron chi connectivity index (χ4n) is 3.30. The summed E-state index contributed by atoms with van der Waals surface area (Å²) in [6.07, 6.45) is 8.88. The van der Waals surface area contributed by atoms with Crippen molar-refractivity contribution in [1.82, 2.24) is 0 Å². The summed E-state index contributed by atoms with van der Waals surface area (Å²) >= 11 is 0. The molecule has 5 heteroatoms. The van der Waals surface area contributed by atoms with Gasteiger partial charge in [0.25, 0.3) is 0 Å². The van der Waals surface area contributed by atoms with Crippen molar-refractivity contribution in [3.63, 3.8) is 0 Å². The number of nitrogens with zero attached hydrogens (tertiary/aromatic N) is 1. The van der Waals surface area contributed by atoms with Crippen molar-refractivity contribution in [1.29, 1.82) is 0 Å². The van der Waals surface area contributed by atoms with Gasteiger partial charge in [0.05, 0.1) is 0 Å². The zero-order chi connectivity index (χ0) is 11.3. The van der Waals surface area contributed by atoms with Crippen LogP contribution in [0.1, 0.15) is 6.42 Å². The molecule has 1 saturated carbocycles. The van der Waals surface area contributed by atoms with Crippen LogP contribution in [0.15, 0.2) is 35.7 Å². The molecule has 86 valence electrons. The minimum absolute atomic E-state index is 0. The molecular weight excluding hydrogens is 469 g/mol. The average Bonchev–Trinajstić information content (AvgIpc) is 2.90. The molecule has 4 nitrogen and oxygen atoms in total. The number of rotatable bonds is 2. The molecule has 0 aromatic carbocycles. The smallest absolute Gasteiger partial charge is 0.168 e. The predicted molar refractivity (Wildman–Crippen MR) is 60.6 cm³/mol. The van der Waals surface area contributed by atoms with Crippen LogP contribution < -0.4 is 11.6 Å². The fourth-order valence-corrected chi connectivity index (χ4v) is 3.30. The van der Waals surface area contributed by atoms with E-state index < -0.39 is 0 Å². The molecular formula is C12H14N3ORf-. The summed E-state index contributed by atoms with van der Waals surface area (Å²) in [7, 11) is 0. The van der Waals surface area contributed by atoms with Gasteiger partial charge in [0.1, 0.15) is 0 Å². The minimum Gasteiger partial charge on any atom is -0.630 e. The van der Waals surface area contributed by atoms with E-state index in [0.717, 1.165) is 6.42 Å². The molecule has 0 aromatic heterocycles. The number of fused-ring (bicyclic) bond motifs is 5. The van der Waals surface area contributed by atoms with Gasteiger partial charge < -0.3 is 17.0 Å². The second-order valence-electron chi connectivity index (χ2n) is 4.73. The van der Waals surface area contributed by atoms with Gasteiger partial charge in [0.15, 0.2) is 5.78 Å². The molecule has 0 saturated heterocycles. The molecule has 3 rings (SSSR count). The van der Waals surface area contributed by atoms with Gasteiger partial charge in [-0.2, -0.15) is 0 Å². The van der Waals surface area contributed by atoms with E-state index >= 15 is 0 Å². The Morgan fingerprint density at radius 3 is 2.76 bits per heavy atom. The average molecular weight is 483 g/mol. The van der Waals surface area contributed by atoms with Crippen molar-refractivity contribution < 1.29 is 4.79 Å². The van der Waals surface area contributed by atoms with Crippen LogP contribution in [0.5, 0.6) is 0 Å². The van der Waals surface area contributed by atoms with Gasteiger partial charge in [0, 0.05) is 17.2 Å². The number of carbonyl (C=O) groups is 1. The van der Waals surface area contributed by atoms with Gasteiger partial charge in [-0.15, -0.1) is 6.20 Å². The van der Waals surface area contributed by atoms with Crippen LogP contribution in [-0.4, -0.2) is 5.78 Å². The molecule has 4 N–H and O–H groups in total. The number of Topliss-reactive ketones (excluding diaryl/α,β-unsaturated/α-hetero) is 1. The largest absolute Gasteiger partial charge is 0.630 e. The Hall–Kier alpha value is -2.55. The molecule has 0 radical (unpaired) electrons. The summed E-state index contributed by atoms with van der Waals surface area (Å²) in [5.41, 5.74) is 10.1. The van der Waals surface area contributed by atoms with E-state index in [9.17, 15) is 4.79 Å². The summed E-state index contributed by atoms with van der Waals surface area (Å²) in [4.78, 5) is 12.2. The first-order chi connectivity index (χ1) is 7.72. The van der Waals surface area contributed by atoms with Gasteiger partial charge >= 0.3 is 0 Å². The van der Waals surface area contributed by atoms with E-state index in [4.69, 9.17) is 11.6 Å². The van der Waals surface area contributed by atoms with Gasteiger partial charge in [-0.1, -0.05) is 18.2 Å². The van der Waals surface area contributed by atoms with Crippen molar-refractivity contribution in [2.75, 3.05) is 0 Å². The third kappa shape index (κ3) is 1.26. The Balaban J connectivity index is 0.00000108. The molecule has 1 fully saturated rings. The Morgan fingerprint density at radius 1 is 1.41 bits per heavy atom. The zero-order valence-electron chi connectivity index (χ0n) is 9.54. The van der Waals surface area contributed by atoms with E-state index in [1.54, 1.807) is 0 Å². The Bertz CT molecular complexity index is 441. The molecule has 0 aromatic rings. The second kappa shape index (κ2) is 3.49. The summed E-state index contributed by atoms with van der Waals surface area (Å²) in [5, 5.41) is 0. The molecule has 0 amide bonds. The maximum absolute atomic E-state index is 12.2. The number of hydrogen-bond donors (Lipinski definition) is 2. The third-order valence-electron chi connectivity index (χ3n) is 3.97. The van der Waals surface area contributed by atoms with Crippen molar-refractivity contribution in [3.05, 3.63) is 41.1 Å². The quantitative estimate of drug-likeness (QED) is 0.349. The van der Waals surface area contributed by atoms with Gasteiger partial charge in [-0.3, -0.25) is 4.79 Å². The zero-order valence-corrected chi connectivity index (χ0v) is 15.9. The first kappa shape index (κ1) is 11.0. The fraction of sp³-hybridized carbons (Fsp3) is 0.417. The number of ketones is 1. The maximum atomic E-state index is 12.2. The summed E-state index contributed by atoms with van der Waals surface area (Å²) < 4.78 is 0. The Kier molecular flexibility index (Phi) is 2.25. The van der Waals surface area contributed by atoms with Crippen LogP contribution in [0.3, 0.4) is 0 Å². The van der Waals surface area contributed by atoms with Crippen LogP contribution in [0.2, 0.25) is 0 Å². The monoisotopic (exact) mass is 483 g/mol. The molecule has 0 aliphatic heterocycles. The molecule has 4 unspecified atom stereocenters. The second-order valence-corrected chi connectivity index (χ2v) is 4.73. The Labute approximate surface area is 94.0 Å². The number of allylic oxidation sites excluding steroid dienone is 4. The maximum Gasteiger partial charge on any atom is 0.168 e. The number of nitrogens with two attached hydrogens (primary N) is 2.